The van der Waals surface area contributed by atoms with Crippen molar-refractivity contribution in [2.75, 3.05) is 19.6 Å². The molecule has 6 rings (SSSR count). The van der Waals surface area contributed by atoms with Crippen molar-refractivity contribution in [3.63, 3.8) is 0 Å². The lowest BCUT2D eigenvalue weighted by molar-refractivity contribution is 0.0650. The van der Waals surface area contributed by atoms with E-state index in [2.05, 4.69) is 5.32 Å². The van der Waals surface area contributed by atoms with Gasteiger partial charge in [0.05, 0.1) is 12.1 Å². The molecule has 4 nitrogen and oxygen atoms in total. The quantitative estimate of drug-likeness (QED) is 0.288. The fourth-order valence-electron chi connectivity index (χ4n) is 7.48. The van der Waals surface area contributed by atoms with Crippen molar-refractivity contribution in [1.29, 1.82) is 0 Å². The van der Waals surface area contributed by atoms with Crippen LogP contribution in [0.2, 0.25) is 0 Å². The predicted octanol–water partition coefficient (Wildman–Crippen LogP) is 7.93. The molecule has 0 amide bonds. The Bertz CT molecular complexity index is 1390. The lowest BCUT2D eigenvalue weighted by Crippen LogP contribution is -2.48. The van der Waals surface area contributed by atoms with Gasteiger partial charge in [-0.05, 0) is 107 Å². The number of rotatable bonds is 8. The van der Waals surface area contributed by atoms with Crippen molar-refractivity contribution >= 4 is 0 Å². The molecule has 1 saturated heterocycles. The molecule has 230 valence electrons. The standard InChI is InChI=1S/C36H43F3N2O2/c1-24-17-26-18-27(42-22-25-7-5-4-6-8-25)9-10-30(26)34(41(24)23-35(2,3)39)33-31(37)19-29(20-32(33)38)43-28-11-12-36(21-28)13-15-40-16-14-36/h4-10,18-20,24,28,34,40H,11-17,21-23H2,1-3H3/t24-,28?,34?/m1/s1. The van der Waals surface area contributed by atoms with Gasteiger partial charge in [0, 0.05) is 30.3 Å². The zero-order valence-corrected chi connectivity index (χ0v) is 25.5. The van der Waals surface area contributed by atoms with Gasteiger partial charge in [-0.1, -0.05) is 36.4 Å². The van der Waals surface area contributed by atoms with Crippen LogP contribution in [-0.4, -0.2) is 42.3 Å². The first-order chi connectivity index (χ1) is 20.6. The molecular formula is C36H43F3N2O2. The maximum atomic E-state index is 16.1. The first-order valence-electron chi connectivity index (χ1n) is 15.7. The molecule has 2 heterocycles. The number of hydrogen-bond acceptors (Lipinski definition) is 4. The van der Waals surface area contributed by atoms with Crippen molar-refractivity contribution in [3.8, 4) is 11.5 Å². The van der Waals surface area contributed by atoms with Crippen LogP contribution in [-0.2, 0) is 13.0 Å². The van der Waals surface area contributed by atoms with E-state index in [1.807, 2.05) is 60.4 Å². The van der Waals surface area contributed by atoms with Gasteiger partial charge in [0.15, 0.2) is 0 Å². The number of fused-ring (bicyclic) bond motifs is 1. The third kappa shape index (κ3) is 6.73. The van der Waals surface area contributed by atoms with E-state index in [0.29, 0.717) is 18.8 Å². The smallest absolute Gasteiger partial charge is 0.134 e. The second-order valence-electron chi connectivity index (χ2n) is 13.5. The monoisotopic (exact) mass is 592 g/mol. The molecule has 3 aromatic carbocycles. The van der Waals surface area contributed by atoms with Gasteiger partial charge < -0.3 is 14.8 Å². The van der Waals surface area contributed by atoms with Gasteiger partial charge in [-0.15, -0.1) is 0 Å². The Morgan fingerprint density at radius 1 is 0.953 bits per heavy atom. The van der Waals surface area contributed by atoms with Crippen LogP contribution in [0, 0.1) is 17.0 Å². The number of nitrogens with one attached hydrogen (secondary N) is 1. The highest BCUT2D eigenvalue weighted by molar-refractivity contribution is 5.46. The topological polar surface area (TPSA) is 33.7 Å². The summed E-state index contributed by atoms with van der Waals surface area (Å²) in [6, 6.07) is 17.3. The highest BCUT2D eigenvalue weighted by atomic mass is 19.1. The van der Waals surface area contributed by atoms with Crippen LogP contribution in [0.1, 0.15) is 81.2 Å². The molecule has 3 aromatic rings. The van der Waals surface area contributed by atoms with E-state index >= 15 is 13.2 Å². The van der Waals surface area contributed by atoms with Gasteiger partial charge in [-0.25, -0.2) is 13.2 Å². The first kappa shape index (κ1) is 30.0. The van der Waals surface area contributed by atoms with Crippen LogP contribution in [0.4, 0.5) is 13.2 Å². The Labute approximate surface area is 253 Å². The van der Waals surface area contributed by atoms with Gasteiger partial charge in [0.25, 0.3) is 0 Å². The average molecular weight is 593 g/mol. The molecule has 0 radical (unpaired) electrons. The molecule has 1 N–H and O–H groups in total. The molecular weight excluding hydrogens is 549 g/mol. The highest BCUT2D eigenvalue weighted by Gasteiger charge is 2.42. The van der Waals surface area contributed by atoms with E-state index in [4.69, 9.17) is 9.47 Å². The third-order valence-corrected chi connectivity index (χ3v) is 9.58. The van der Waals surface area contributed by atoms with Gasteiger partial charge in [0.2, 0.25) is 0 Å². The maximum Gasteiger partial charge on any atom is 0.134 e. The molecule has 0 bridgehead atoms. The average Bonchev–Trinajstić information content (AvgIpc) is 3.34. The lowest BCUT2D eigenvalue weighted by atomic mass is 9.77. The number of halogens is 3. The van der Waals surface area contributed by atoms with Crippen LogP contribution in [0.5, 0.6) is 11.5 Å². The Kier molecular flexibility index (Phi) is 8.49. The molecule has 2 fully saturated rings. The number of ether oxygens (including phenoxy) is 2. The van der Waals surface area contributed by atoms with Crippen LogP contribution < -0.4 is 14.8 Å². The summed E-state index contributed by atoms with van der Waals surface area (Å²) < 4.78 is 59.5. The number of alkyl halides is 1. The number of piperidine rings is 1. The van der Waals surface area contributed by atoms with Crippen molar-refractivity contribution in [2.45, 2.75) is 89.8 Å². The summed E-state index contributed by atoms with van der Waals surface area (Å²) in [6.45, 7) is 7.49. The minimum Gasteiger partial charge on any atom is -0.490 e. The minimum atomic E-state index is -1.55. The number of hydrogen-bond donors (Lipinski definition) is 1. The van der Waals surface area contributed by atoms with Crippen LogP contribution >= 0.6 is 0 Å². The van der Waals surface area contributed by atoms with E-state index in [0.717, 1.165) is 61.9 Å². The van der Waals surface area contributed by atoms with Crippen LogP contribution in [0.25, 0.3) is 0 Å². The summed E-state index contributed by atoms with van der Waals surface area (Å²) in [5, 5.41) is 3.42. The Morgan fingerprint density at radius 2 is 1.67 bits per heavy atom. The summed E-state index contributed by atoms with van der Waals surface area (Å²) in [6.07, 6.45) is 5.71. The van der Waals surface area contributed by atoms with E-state index in [1.54, 1.807) is 0 Å². The summed E-state index contributed by atoms with van der Waals surface area (Å²) in [4.78, 5) is 1.90. The maximum absolute atomic E-state index is 16.1. The molecule has 3 aliphatic rings. The molecule has 2 unspecified atom stereocenters. The van der Waals surface area contributed by atoms with Crippen LogP contribution in [0.15, 0.2) is 60.7 Å². The first-order valence-corrected chi connectivity index (χ1v) is 15.7. The Balaban J connectivity index is 1.28. The molecule has 1 aliphatic carbocycles. The SMILES string of the molecule is C[C@@H]1Cc2cc(OCc3ccccc3)ccc2C(c2c(F)cc(OC3CCC4(CCNCC4)C3)cc2F)N1CC(C)(C)F. The number of benzene rings is 3. The van der Waals surface area contributed by atoms with E-state index in [9.17, 15) is 0 Å². The molecule has 43 heavy (non-hydrogen) atoms. The minimum absolute atomic E-state index is 0.0423. The summed E-state index contributed by atoms with van der Waals surface area (Å²) in [5.74, 6) is -0.414. The summed E-state index contributed by atoms with van der Waals surface area (Å²) in [5.41, 5.74) is 1.43. The van der Waals surface area contributed by atoms with E-state index in [1.165, 1.54) is 26.0 Å². The Hall–Kier alpha value is -3.03. The van der Waals surface area contributed by atoms with Crippen molar-refractivity contribution < 1.29 is 22.6 Å². The molecule has 1 saturated carbocycles. The normalized spacial score (nSPS) is 23.7. The van der Waals surface area contributed by atoms with E-state index < -0.39 is 23.3 Å². The zero-order valence-electron chi connectivity index (χ0n) is 25.5. The molecule has 2 aliphatic heterocycles. The number of nitrogens with zero attached hydrogens (tertiary/aromatic N) is 1. The molecule has 0 aromatic heterocycles. The van der Waals surface area contributed by atoms with Crippen molar-refractivity contribution in [1.82, 2.24) is 10.2 Å². The van der Waals surface area contributed by atoms with Gasteiger partial charge >= 0.3 is 0 Å². The zero-order chi connectivity index (χ0) is 30.2. The molecule has 7 heteroatoms. The van der Waals surface area contributed by atoms with Crippen molar-refractivity contribution in [2.24, 2.45) is 5.41 Å². The summed E-state index contributed by atoms with van der Waals surface area (Å²) >= 11 is 0. The summed E-state index contributed by atoms with van der Waals surface area (Å²) in [7, 11) is 0. The fourth-order valence-corrected chi connectivity index (χ4v) is 7.48. The second kappa shape index (κ2) is 12.2. The highest BCUT2D eigenvalue weighted by Crippen LogP contribution is 2.47. The Morgan fingerprint density at radius 3 is 2.37 bits per heavy atom. The second-order valence-corrected chi connectivity index (χ2v) is 13.5. The van der Waals surface area contributed by atoms with Gasteiger partial charge in [-0.2, -0.15) is 0 Å². The largest absolute Gasteiger partial charge is 0.490 e. The van der Waals surface area contributed by atoms with Gasteiger partial charge in [0.1, 0.15) is 35.4 Å². The van der Waals surface area contributed by atoms with E-state index in [-0.39, 0.29) is 35.4 Å². The van der Waals surface area contributed by atoms with Gasteiger partial charge in [-0.3, -0.25) is 4.90 Å². The predicted molar refractivity (Wildman–Crippen MR) is 163 cm³/mol. The lowest BCUT2D eigenvalue weighted by Gasteiger charge is -2.44. The van der Waals surface area contributed by atoms with Crippen molar-refractivity contribution in [3.05, 3.63) is 94.6 Å². The molecule has 3 atom stereocenters. The fraction of sp³-hybridized carbons (Fsp3) is 0.500. The third-order valence-electron chi connectivity index (χ3n) is 9.58. The molecule has 1 spiro atoms. The van der Waals surface area contributed by atoms with Crippen LogP contribution in [0.3, 0.4) is 0 Å².